The van der Waals surface area contributed by atoms with Crippen molar-refractivity contribution in [1.82, 2.24) is 15.5 Å². The Morgan fingerprint density at radius 2 is 1.94 bits per heavy atom. The summed E-state index contributed by atoms with van der Waals surface area (Å²) in [4.78, 5) is 0. The van der Waals surface area contributed by atoms with Crippen LogP contribution in [0.25, 0.3) is 0 Å². The van der Waals surface area contributed by atoms with E-state index in [1.165, 1.54) is 12.1 Å². The van der Waals surface area contributed by atoms with Crippen LogP contribution in [0, 0.1) is 0 Å². The summed E-state index contributed by atoms with van der Waals surface area (Å²) in [6.45, 7) is 2.66. The number of aromatic nitrogens is 2. The van der Waals surface area contributed by atoms with Gasteiger partial charge in [0.05, 0.1) is 6.20 Å². The molecule has 0 saturated carbocycles. The van der Waals surface area contributed by atoms with E-state index in [1.807, 2.05) is 13.1 Å². The van der Waals surface area contributed by atoms with Gasteiger partial charge in [-0.2, -0.15) is 5.10 Å². The van der Waals surface area contributed by atoms with E-state index in [9.17, 15) is 8.78 Å². The van der Waals surface area contributed by atoms with Gasteiger partial charge >= 0.3 is 0 Å². The average molecular weight is 251 g/mol. The number of nitrogens with one attached hydrogen (secondary N) is 2. The first-order valence-electron chi connectivity index (χ1n) is 5.76. The third kappa shape index (κ3) is 3.13. The Hall–Kier alpha value is -1.75. The summed E-state index contributed by atoms with van der Waals surface area (Å²) in [5.41, 5.74) is 2.11. The molecule has 2 aromatic rings. The second kappa shape index (κ2) is 5.73. The molecular formula is C13H15F2N3. The summed E-state index contributed by atoms with van der Waals surface area (Å²) in [7, 11) is 0. The first-order chi connectivity index (χ1) is 8.66. The van der Waals surface area contributed by atoms with Crippen LogP contribution in [-0.4, -0.2) is 10.2 Å². The number of hydrogen-bond donors (Lipinski definition) is 2. The molecule has 96 valence electrons. The summed E-state index contributed by atoms with van der Waals surface area (Å²) in [6.07, 6.45) is 1.19. The van der Waals surface area contributed by atoms with Crippen molar-refractivity contribution in [3.8, 4) is 0 Å². The third-order valence-electron chi connectivity index (χ3n) is 2.86. The monoisotopic (exact) mass is 251 g/mol. The van der Waals surface area contributed by atoms with E-state index in [1.54, 1.807) is 18.3 Å². The molecular weight excluding hydrogens is 236 g/mol. The minimum Gasteiger partial charge on any atom is -0.306 e. The molecule has 0 amide bonds. The largest absolute Gasteiger partial charge is 0.306 e. The number of alkyl halides is 2. The van der Waals surface area contributed by atoms with Crippen LogP contribution in [0.5, 0.6) is 0 Å². The molecule has 0 aliphatic heterocycles. The van der Waals surface area contributed by atoms with Crippen molar-refractivity contribution < 1.29 is 8.78 Å². The Kier molecular flexibility index (Phi) is 4.04. The zero-order valence-corrected chi connectivity index (χ0v) is 10.0. The van der Waals surface area contributed by atoms with Gasteiger partial charge in [0.1, 0.15) is 0 Å². The Bertz CT molecular complexity index is 465. The fourth-order valence-corrected chi connectivity index (χ4v) is 1.67. The maximum Gasteiger partial charge on any atom is 0.263 e. The summed E-state index contributed by atoms with van der Waals surface area (Å²) < 4.78 is 24.7. The van der Waals surface area contributed by atoms with Crippen molar-refractivity contribution in [3.05, 3.63) is 53.3 Å². The van der Waals surface area contributed by atoms with Crippen molar-refractivity contribution in [1.29, 1.82) is 0 Å². The van der Waals surface area contributed by atoms with Crippen molar-refractivity contribution in [2.24, 2.45) is 0 Å². The molecule has 1 aromatic carbocycles. The lowest BCUT2D eigenvalue weighted by molar-refractivity contribution is 0.151. The molecule has 1 aromatic heterocycles. The molecule has 2 N–H and O–H groups in total. The molecule has 0 aliphatic carbocycles. The molecule has 0 aliphatic rings. The van der Waals surface area contributed by atoms with Crippen molar-refractivity contribution in [2.45, 2.75) is 25.9 Å². The predicted octanol–water partition coefficient (Wildman–Crippen LogP) is 3.20. The first kappa shape index (κ1) is 12.7. The van der Waals surface area contributed by atoms with E-state index in [4.69, 9.17) is 0 Å². The van der Waals surface area contributed by atoms with Crippen LogP contribution >= 0.6 is 0 Å². The zero-order valence-electron chi connectivity index (χ0n) is 10.0. The van der Waals surface area contributed by atoms with E-state index in [2.05, 4.69) is 15.5 Å². The fourth-order valence-electron chi connectivity index (χ4n) is 1.67. The molecule has 1 heterocycles. The van der Waals surface area contributed by atoms with Gasteiger partial charge < -0.3 is 5.32 Å². The minimum atomic E-state index is -2.41. The maximum absolute atomic E-state index is 12.4. The molecule has 3 nitrogen and oxygen atoms in total. The van der Waals surface area contributed by atoms with Crippen LogP contribution in [0.15, 0.2) is 36.7 Å². The molecule has 18 heavy (non-hydrogen) atoms. The van der Waals surface area contributed by atoms with Gasteiger partial charge in [-0.15, -0.1) is 0 Å². The lowest BCUT2D eigenvalue weighted by atomic mass is 10.1. The number of halogens is 2. The summed E-state index contributed by atoms with van der Waals surface area (Å²) in [5.74, 6) is 0. The highest BCUT2D eigenvalue weighted by atomic mass is 19.3. The number of hydrogen-bond acceptors (Lipinski definition) is 2. The standard InChI is InChI=1S/C13H15F2N3/c1-9(12-7-17-18-8-12)16-6-10-2-4-11(5-3-10)13(14)15/h2-5,7-9,13,16H,6H2,1H3,(H,17,18). The van der Waals surface area contributed by atoms with Crippen LogP contribution in [-0.2, 0) is 6.54 Å². The molecule has 1 atom stereocenters. The van der Waals surface area contributed by atoms with Gasteiger partial charge in [0.2, 0.25) is 0 Å². The Morgan fingerprint density at radius 1 is 1.22 bits per heavy atom. The van der Waals surface area contributed by atoms with Crippen LogP contribution in [0.1, 0.15) is 36.1 Å². The van der Waals surface area contributed by atoms with Gasteiger partial charge in [-0.25, -0.2) is 8.78 Å². The number of H-pyrrole nitrogens is 1. The van der Waals surface area contributed by atoms with E-state index in [0.717, 1.165) is 11.1 Å². The zero-order chi connectivity index (χ0) is 13.0. The first-order valence-corrected chi connectivity index (χ1v) is 5.76. The molecule has 0 saturated heterocycles. The van der Waals surface area contributed by atoms with Gasteiger partial charge in [0.25, 0.3) is 6.43 Å². The van der Waals surface area contributed by atoms with E-state index >= 15 is 0 Å². The topological polar surface area (TPSA) is 40.7 Å². The SMILES string of the molecule is CC(NCc1ccc(C(F)F)cc1)c1cn[nH]c1. The van der Waals surface area contributed by atoms with Gasteiger partial charge in [0.15, 0.2) is 0 Å². The smallest absolute Gasteiger partial charge is 0.263 e. The number of benzene rings is 1. The third-order valence-corrected chi connectivity index (χ3v) is 2.86. The quantitative estimate of drug-likeness (QED) is 0.856. The van der Waals surface area contributed by atoms with Crippen LogP contribution in [0.4, 0.5) is 8.78 Å². The van der Waals surface area contributed by atoms with Gasteiger partial charge in [-0.3, -0.25) is 5.10 Å². The number of rotatable bonds is 5. The molecule has 0 bridgehead atoms. The molecule has 5 heteroatoms. The second-order valence-electron chi connectivity index (χ2n) is 4.18. The lowest BCUT2D eigenvalue weighted by Crippen LogP contribution is -2.17. The predicted molar refractivity (Wildman–Crippen MR) is 65.2 cm³/mol. The van der Waals surface area contributed by atoms with Crippen LogP contribution in [0.2, 0.25) is 0 Å². The molecule has 0 fully saturated rings. The fraction of sp³-hybridized carbons (Fsp3) is 0.308. The molecule has 0 spiro atoms. The van der Waals surface area contributed by atoms with Gasteiger partial charge in [-0.1, -0.05) is 24.3 Å². The number of aromatic amines is 1. The molecule has 2 rings (SSSR count). The highest BCUT2D eigenvalue weighted by Crippen LogP contribution is 2.19. The Balaban J connectivity index is 1.90. The van der Waals surface area contributed by atoms with Crippen molar-refractivity contribution in [3.63, 3.8) is 0 Å². The lowest BCUT2D eigenvalue weighted by Gasteiger charge is -2.12. The van der Waals surface area contributed by atoms with E-state index < -0.39 is 6.43 Å². The summed E-state index contributed by atoms with van der Waals surface area (Å²) in [5, 5.41) is 9.94. The van der Waals surface area contributed by atoms with E-state index in [-0.39, 0.29) is 11.6 Å². The van der Waals surface area contributed by atoms with Gasteiger partial charge in [0, 0.05) is 29.9 Å². The summed E-state index contributed by atoms with van der Waals surface area (Å²) >= 11 is 0. The average Bonchev–Trinajstić information content (AvgIpc) is 2.90. The van der Waals surface area contributed by atoms with Crippen LogP contribution in [0.3, 0.4) is 0 Å². The van der Waals surface area contributed by atoms with Gasteiger partial charge in [-0.05, 0) is 12.5 Å². The van der Waals surface area contributed by atoms with Crippen molar-refractivity contribution in [2.75, 3.05) is 0 Å². The Labute approximate surface area is 104 Å². The molecule has 0 radical (unpaired) electrons. The van der Waals surface area contributed by atoms with E-state index in [0.29, 0.717) is 6.54 Å². The highest BCUT2D eigenvalue weighted by molar-refractivity contribution is 5.23. The molecule has 1 unspecified atom stereocenters. The normalized spacial score (nSPS) is 12.9. The summed E-state index contributed by atoms with van der Waals surface area (Å²) in [6, 6.07) is 6.53. The second-order valence-corrected chi connectivity index (χ2v) is 4.18. The minimum absolute atomic E-state index is 0.0571. The number of nitrogens with zero attached hydrogens (tertiary/aromatic N) is 1. The Morgan fingerprint density at radius 3 is 2.50 bits per heavy atom. The van der Waals surface area contributed by atoms with Crippen molar-refractivity contribution >= 4 is 0 Å². The highest BCUT2D eigenvalue weighted by Gasteiger charge is 2.07. The maximum atomic E-state index is 12.4. The van der Waals surface area contributed by atoms with Crippen LogP contribution < -0.4 is 5.32 Å².